The van der Waals surface area contributed by atoms with Crippen LogP contribution < -0.4 is 0 Å². The van der Waals surface area contributed by atoms with Gasteiger partial charge in [-0.05, 0) is 51.2 Å². The molecule has 0 aliphatic rings. The molecule has 84 valence electrons. The van der Waals surface area contributed by atoms with Crippen LogP contribution in [0, 0.1) is 5.82 Å². The van der Waals surface area contributed by atoms with Gasteiger partial charge in [0.2, 0.25) is 0 Å². The van der Waals surface area contributed by atoms with Gasteiger partial charge in [-0.15, -0.1) is 0 Å². The zero-order valence-corrected chi connectivity index (χ0v) is 9.68. The second-order valence-corrected chi connectivity index (χ2v) is 4.22. The first-order chi connectivity index (χ1) is 7.00. The molecule has 0 aromatic heterocycles. The summed E-state index contributed by atoms with van der Waals surface area (Å²) in [6.45, 7) is 0.945. The van der Waals surface area contributed by atoms with Crippen LogP contribution in [-0.2, 0) is 6.42 Å². The number of benzene rings is 1. The van der Waals surface area contributed by atoms with E-state index >= 15 is 0 Å². The van der Waals surface area contributed by atoms with Crippen LogP contribution >= 0.6 is 11.6 Å². The van der Waals surface area contributed by atoms with E-state index in [2.05, 4.69) is 4.90 Å². The summed E-state index contributed by atoms with van der Waals surface area (Å²) >= 11 is 5.66. The molecule has 1 aromatic carbocycles. The lowest BCUT2D eigenvalue weighted by Crippen LogP contribution is -2.13. The van der Waals surface area contributed by atoms with Gasteiger partial charge in [-0.2, -0.15) is 0 Å². The largest absolute Gasteiger partial charge is 0.504 e. The minimum atomic E-state index is -0.651. The summed E-state index contributed by atoms with van der Waals surface area (Å²) in [7, 11) is 3.98. The minimum absolute atomic E-state index is 0.0786. The van der Waals surface area contributed by atoms with Crippen molar-refractivity contribution in [3.05, 3.63) is 28.5 Å². The highest BCUT2D eigenvalue weighted by molar-refractivity contribution is 6.32. The van der Waals surface area contributed by atoms with Gasteiger partial charge in [0.25, 0.3) is 0 Å². The number of phenolic OH excluding ortho intramolecular Hbond substituents is 1. The number of rotatable bonds is 4. The van der Waals surface area contributed by atoms with Gasteiger partial charge in [0.15, 0.2) is 11.6 Å². The third-order valence-corrected chi connectivity index (χ3v) is 2.44. The molecule has 0 saturated heterocycles. The summed E-state index contributed by atoms with van der Waals surface area (Å²) in [6, 6.07) is 2.94. The summed E-state index contributed by atoms with van der Waals surface area (Å²) in [6.07, 6.45) is 1.70. The Labute approximate surface area is 94.3 Å². The van der Waals surface area contributed by atoms with E-state index in [0.29, 0.717) is 0 Å². The molecule has 0 unspecified atom stereocenters. The van der Waals surface area contributed by atoms with Gasteiger partial charge in [-0.25, -0.2) is 4.39 Å². The molecular weight excluding hydrogens is 217 g/mol. The van der Waals surface area contributed by atoms with Crippen molar-refractivity contribution in [3.63, 3.8) is 0 Å². The number of hydrogen-bond acceptors (Lipinski definition) is 2. The second-order valence-electron chi connectivity index (χ2n) is 3.81. The standard InChI is InChI=1S/C11H15ClFNO/c1-14(2)5-3-4-8-6-9(12)11(15)10(13)7-8/h6-7,15H,3-5H2,1-2H3. The number of nitrogens with zero attached hydrogens (tertiary/aromatic N) is 1. The predicted octanol–water partition coefficient (Wildman–Crippen LogP) is 2.68. The molecule has 0 atom stereocenters. The molecule has 0 saturated carbocycles. The zero-order valence-electron chi connectivity index (χ0n) is 8.93. The zero-order chi connectivity index (χ0) is 11.4. The van der Waals surface area contributed by atoms with Crippen molar-refractivity contribution < 1.29 is 9.50 Å². The van der Waals surface area contributed by atoms with E-state index in [4.69, 9.17) is 16.7 Å². The summed E-state index contributed by atoms with van der Waals surface area (Å²) in [5.41, 5.74) is 0.817. The van der Waals surface area contributed by atoms with Crippen molar-refractivity contribution in [1.82, 2.24) is 4.90 Å². The van der Waals surface area contributed by atoms with Gasteiger partial charge in [-0.1, -0.05) is 11.6 Å². The van der Waals surface area contributed by atoms with Gasteiger partial charge in [0, 0.05) is 0 Å². The van der Waals surface area contributed by atoms with E-state index in [-0.39, 0.29) is 5.02 Å². The van der Waals surface area contributed by atoms with Crippen molar-refractivity contribution in [3.8, 4) is 5.75 Å². The van der Waals surface area contributed by atoms with Crippen LogP contribution in [-0.4, -0.2) is 30.6 Å². The molecule has 1 aromatic rings. The Kier molecular flexibility index (Phi) is 4.36. The molecule has 4 heteroatoms. The fourth-order valence-electron chi connectivity index (χ4n) is 1.36. The molecule has 0 bridgehead atoms. The monoisotopic (exact) mass is 231 g/mol. The Bertz CT molecular complexity index is 318. The number of aromatic hydroxyl groups is 1. The third kappa shape index (κ3) is 3.68. The van der Waals surface area contributed by atoms with E-state index in [1.807, 2.05) is 14.1 Å². The van der Waals surface area contributed by atoms with E-state index in [1.165, 1.54) is 6.07 Å². The second kappa shape index (κ2) is 5.33. The molecule has 0 spiro atoms. The highest BCUT2D eigenvalue weighted by atomic mass is 35.5. The van der Waals surface area contributed by atoms with Crippen LogP contribution in [0.4, 0.5) is 4.39 Å². The molecule has 0 aliphatic heterocycles. The van der Waals surface area contributed by atoms with E-state index in [1.54, 1.807) is 6.07 Å². The highest BCUT2D eigenvalue weighted by Crippen LogP contribution is 2.27. The van der Waals surface area contributed by atoms with Crippen molar-refractivity contribution in [2.45, 2.75) is 12.8 Å². The molecule has 0 fully saturated rings. The van der Waals surface area contributed by atoms with Crippen LogP contribution in [0.3, 0.4) is 0 Å². The fraction of sp³-hybridized carbons (Fsp3) is 0.455. The quantitative estimate of drug-likeness (QED) is 0.861. The van der Waals surface area contributed by atoms with Crippen LogP contribution in [0.25, 0.3) is 0 Å². The maximum Gasteiger partial charge on any atom is 0.170 e. The Balaban J connectivity index is 2.63. The lowest BCUT2D eigenvalue weighted by Gasteiger charge is -2.09. The first kappa shape index (κ1) is 12.3. The lowest BCUT2D eigenvalue weighted by atomic mass is 10.1. The first-order valence-electron chi connectivity index (χ1n) is 4.82. The predicted molar refractivity (Wildman–Crippen MR) is 59.9 cm³/mol. The molecule has 15 heavy (non-hydrogen) atoms. The van der Waals surface area contributed by atoms with Crippen molar-refractivity contribution in [2.75, 3.05) is 20.6 Å². The lowest BCUT2D eigenvalue weighted by molar-refractivity contribution is 0.399. The van der Waals surface area contributed by atoms with E-state index < -0.39 is 11.6 Å². The molecule has 1 N–H and O–H groups in total. The molecule has 0 aliphatic carbocycles. The van der Waals surface area contributed by atoms with Gasteiger partial charge >= 0.3 is 0 Å². The molecule has 0 radical (unpaired) electrons. The first-order valence-corrected chi connectivity index (χ1v) is 5.20. The van der Waals surface area contributed by atoms with Crippen LogP contribution in [0.1, 0.15) is 12.0 Å². The Hall–Kier alpha value is -0.800. The van der Waals surface area contributed by atoms with Crippen molar-refractivity contribution >= 4 is 11.6 Å². The number of phenols is 1. The van der Waals surface area contributed by atoms with Gasteiger partial charge in [0.1, 0.15) is 0 Å². The maximum atomic E-state index is 13.1. The van der Waals surface area contributed by atoms with Crippen molar-refractivity contribution in [2.24, 2.45) is 0 Å². The molecule has 2 nitrogen and oxygen atoms in total. The molecule has 0 heterocycles. The minimum Gasteiger partial charge on any atom is -0.504 e. The average molecular weight is 232 g/mol. The number of hydrogen-bond donors (Lipinski definition) is 1. The Morgan fingerprint density at radius 1 is 1.40 bits per heavy atom. The van der Waals surface area contributed by atoms with Crippen LogP contribution in [0.2, 0.25) is 5.02 Å². The van der Waals surface area contributed by atoms with Crippen LogP contribution in [0.15, 0.2) is 12.1 Å². The summed E-state index contributed by atoms with van der Waals surface area (Å²) in [5, 5.41) is 9.21. The van der Waals surface area contributed by atoms with Crippen molar-refractivity contribution in [1.29, 1.82) is 0 Å². The van der Waals surface area contributed by atoms with E-state index in [9.17, 15) is 4.39 Å². The molecule has 0 amide bonds. The van der Waals surface area contributed by atoms with Gasteiger partial charge in [0.05, 0.1) is 5.02 Å². The fourth-order valence-corrected chi connectivity index (χ4v) is 1.59. The SMILES string of the molecule is CN(C)CCCc1cc(F)c(O)c(Cl)c1. The molecular formula is C11H15ClFNO. The Morgan fingerprint density at radius 3 is 2.60 bits per heavy atom. The Morgan fingerprint density at radius 2 is 2.07 bits per heavy atom. The van der Waals surface area contributed by atoms with Gasteiger partial charge in [-0.3, -0.25) is 0 Å². The smallest absolute Gasteiger partial charge is 0.170 e. The average Bonchev–Trinajstić information content (AvgIpc) is 2.13. The van der Waals surface area contributed by atoms with Crippen LogP contribution in [0.5, 0.6) is 5.75 Å². The summed E-state index contributed by atoms with van der Waals surface area (Å²) < 4.78 is 13.1. The molecule has 1 rings (SSSR count). The number of halogens is 2. The van der Waals surface area contributed by atoms with Gasteiger partial charge < -0.3 is 10.0 Å². The topological polar surface area (TPSA) is 23.5 Å². The summed E-state index contributed by atoms with van der Waals surface area (Å²) in [4.78, 5) is 2.07. The highest BCUT2D eigenvalue weighted by Gasteiger charge is 2.07. The summed E-state index contributed by atoms with van der Waals surface area (Å²) in [5.74, 6) is -1.12. The normalized spacial score (nSPS) is 11.0. The number of aryl methyl sites for hydroxylation is 1. The maximum absolute atomic E-state index is 13.1. The van der Waals surface area contributed by atoms with E-state index in [0.717, 1.165) is 24.9 Å². The third-order valence-electron chi connectivity index (χ3n) is 2.15.